The second-order valence-electron chi connectivity index (χ2n) is 5.37. The number of hydrogen-bond acceptors (Lipinski definition) is 3. The number of benzene rings is 1. The molecule has 19 heavy (non-hydrogen) atoms. The monoisotopic (exact) mass is 263 g/mol. The summed E-state index contributed by atoms with van der Waals surface area (Å²) >= 11 is 0. The lowest BCUT2D eigenvalue weighted by atomic mass is 9.95. The van der Waals surface area contributed by atoms with Crippen molar-refractivity contribution >= 4 is 0 Å². The fraction of sp³-hybridized carbons (Fsp3) is 0.625. The van der Waals surface area contributed by atoms with Crippen molar-refractivity contribution < 1.29 is 9.47 Å². The van der Waals surface area contributed by atoms with Crippen LogP contribution in [0.1, 0.15) is 38.5 Å². The lowest BCUT2D eigenvalue weighted by Crippen LogP contribution is -2.28. The van der Waals surface area contributed by atoms with Crippen molar-refractivity contribution in [2.75, 3.05) is 13.7 Å². The van der Waals surface area contributed by atoms with E-state index in [1.54, 1.807) is 7.11 Å². The van der Waals surface area contributed by atoms with E-state index in [2.05, 4.69) is 0 Å². The fourth-order valence-corrected chi connectivity index (χ4v) is 2.80. The third kappa shape index (κ3) is 4.43. The van der Waals surface area contributed by atoms with Gasteiger partial charge in [-0.25, -0.2) is 0 Å². The van der Waals surface area contributed by atoms with Gasteiger partial charge in [0.05, 0.1) is 13.7 Å². The Labute approximate surface area is 116 Å². The van der Waals surface area contributed by atoms with Crippen LogP contribution >= 0.6 is 0 Å². The summed E-state index contributed by atoms with van der Waals surface area (Å²) < 4.78 is 10.8. The molecule has 2 rings (SSSR count). The highest BCUT2D eigenvalue weighted by molar-refractivity contribution is 5.31. The second-order valence-corrected chi connectivity index (χ2v) is 5.37. The third-order valence-corrected chi connectivity index (χ3v) is 4.02. The molecule has 1 aromatic carbocycles. The molecule has 1 unspecified atom stereocenters. The highest BCUT2D eigenvalue weighted by Gasteiger charge is 2.21. The van der Waals surface area contributed by atoms with Crippen LogP contribution < -0.4 is 15.2 Å². The van der Waals surface area contributed by atoms with E-state index in [1.165, 1.54) is 25.7 Å². The van der Waals surface area contributed by atoms with Crippen LogP contribution in [0.2, 0.25) is 0 Å². The fourth-order valence-electron chi connectivity index (χ4n) is 2.80. The zero-order valence-electron chi connectivity index (χ0n) is 11.8. The molecule has 3 heteroatoms. The van der Waals surface area contributed by atoms with Crippen LogP contribution in [0, 0.1) is 5.92 Å². The number of hydrogen-bond donors (Lipinski definition) is 1. The first-order valence-electron chi connectivity index (χ1n) is 7.32. The number of rotatable bonds is 7. The maximum absolute atomic E-state index is 6.22. The van der Waals surface area contributed by atoms with Gasteiger partial charge in [0, 0.05) is 6.04 Å². The zero-order valence-corrected chi connectivity index (χ0v) is 11.8. The Hall–Kier alpha value is -1.22. The van der Waals surface area contributed by atoms with Crippen LogP contribution in [0.3, 0.4) is 0 Å². The Bertz CT molecular complexity index is 358. The molecule has 0 saturated heterocycles. The number of ether oxygens (including phenoxy) is 2. The molecule has 0 spiro atoms. The van der Waals surface area contributed by atoms with Crippen molar-refractivity contribution in [3.8, 4) is 11.5 Å². The van der Waals surface area contributed by atoms with Crippen molar-refractivity contribution in [3.05, 3.63) is 24.3 Å². The quantitative estimate of drug-likeness (QED) is 0.767. The van der Waals surface area contributed by atoms with Gasteiger partial charge in [0.2, 0.25) is 0 Å². The van der Waals surface area contributed by atoms with E-state index >= 15 is 0 Å². The molecule has 0 aliphatic heterocycles. The lowest BCUT2D eigenvalue weighted by molar-refractivity contribution is 0.288. The maximum Gasteiger partial charge on any atom is 0.119 e. The largest absolute Gasteiger partial charge is 0.497 e. The molecule has 0 bridgehead atoms. The first-order chi connectivity index (χ1) is 9.29. The van der Waals surface area contributed by atoms with Crippen LogP contribution in [-0.2, 0) is 0 Å². The minimum Gasteiger partial charge on any atom is -0.497 e. The summed E-state index contributed by atoms with van der Waals surface area (Å²) in [4.78, 5) is 0. The molecule has 106 valence electrons. The maximum atomic E-state index is 6.22. The summed E-state index contributed by atoms with van der Waals surface area (Å²) in [6.45, 7) is 0.743. The highest BCUT2D eigenvalue weighted by Crippen LogP contribution is 2.28. The van der Waals surface area contributed by atoms with E-state index in [4.69, 9.17) is 15.2 Å². The Kier molecular flexibility index (Phi) is 5.52. The standard InChI is InChI=1S/C16H25NO2/c1-18-14-8-10-15(11-9-14)19-12-4-7-16(17)13-5-2-3-6-13/h8-11,13,16H,2-7,12,17H2,1H3. The third-order valence-electron chi connectivity index (χ3n) is 4.02. The molecular formula is C16H25NO2. The summed E-state index contributed by atoms with van der Waals surface area (Å²) in [5.74, 6) is 2.51. The molecule has 1 saturated carbocycles. The van der Waals surface area contributed by atoms with Gasteiger partial charge >= 0.3 is 0 Å². The summed E-state index contributed by atoms with van der Waals surface area (Å²) in [5.41, 5.74) is 6.22. The summed E-state index contributed by atoms with van der Waals surface area (Å²) in [6.07, 6.45) is 7.47. The van der Waals surface area contributed by atoms with Gasteiger partial charge in [-0.15, -0.1) is 0 Å². The number of nitrogens with two attached hydrogens (primary N) is 1. The zero-order chi connectivity index (χ0) is 13.5. The minimum atomic E-state index is 0.363. The average Bonchev–Trinajstić information content (AvgIpc) is 2.98. The van der Waals surface area contributed by atoms with Gasteiger partial charge in [0.15, 0.2) is 0 Å². The van der Waals surface area contributed by atoms with E-state index in [1.807, 2.05) is 24.3 Å². The van der Waals surface area contributed by atoms with E-state index in [0.717, 1.165) is 36.9 Å². The van der Waals surface area contributed by atoms with Crippen molar-refractivity contribution in [1.82, 2.24) is 0 Å². The minimum absolute atomic E-state index is 0.363. The molecule has 3 nitrogen and oxygen atoms in total. The second kappa shape index (κ2) is 7.39. The first-order valence-corrected chi connectivity index (χ1v) is 7.32. The highest BCUT2D eigenvalue weighted by atomic mass is 16.5. The Morgan fingerprint density at radius 1 is 1.16 bits per heavy atom. The molecule has 1 aliphatic carbocycles. The van der Waals surface area contributed by atoms with E-state index in [9.17, 15) is 0 Å². The molecule has 0 heterocycles. The van der Waals surface area contributed by atoms with Crippen LogP contribution in [0.5, 0.6) is 11.5 Å². The molecule has 1 fully saturated rings. The van der Waals surface area contributed by atoms with Gasteiger partial charge in [-0.3, -0.25) is 0 Å². The van der Waals surface area contributed by atoms with Crippen LogP contribution in [0.4, 0.5) is 0 Å². The predicted molar refractivity (Wildman–Crippen MR) is 77.7 cm³/mol. The van der Waals surface area contributed by atoms with Gasteiger partial charge in [0.1, 0.15) is 11.5 Å². The Morgan fingerprint density at radius 2 is 1.79 bits per heavy atom. The van der Waals surface area contributed by atoms with Gasteiger partial charge in [-0.2, -0.15) is 0 Å². The molecule has 1 aliphatic rings. The smallest absolute Gasteiger partial charge is 0.119 e. The van der Waals surface area contributed by atoms with Gasteiger partial charge in [-0.1, -0.05) is 12.8 Å². The van der Waals surface area contributed by atoms with Crippen molar-refractivity contribution in [2.45, 2.75) is 44.6 Å². The van der Waals surface area contributed by atoms with Crippen molar-refractivity contribution in [3.63, 3.8) is 0 Å². The van der Waals surface area contributed by atoms with Crippen molar-refractivity contribution in [2.24, 2.45) is 11.7 Å². The first kappa shape index (κ1) is 14.2. The summed E-state index contributed by atoms with van der Waals surface area (Å²) in [5, 5.41) is 0. The number of methoxy groups -OCH3 is 1. The van der Waals surface area contributed by atoms with E-state index in [0.29, 0.717) is 6.04 Å². The molecule has 0 radical (unpaired) electrons. The lowest BCUT2D eigenvalue weighted by Gasteiger charge is -2.18. The molecule has 0 amide bonds. The molecule has 1 aromatic rings. The predicted octanol–water partition coefficient (Wildman–Crippen LogP) is 3.37. The molecule has 0 aromatic heterocycles. The van der Waals surface area contributed by atoms with Crippen LogP contribution in [0.15, 0.2) is 24.3 Å². The molecule has 2 N–H and O–H groups in total. The van der Waals surface area contributed by atoms with Crippen molar-refractivity contribution in [1.29, 1.82) is 0 Å². The average molecular weight is 263 g/mol. The topological polar surface area (TPSA) is 44.5 Å². The van der Waals surface area contributed by atoms with Gasteiger partial charge in [-0.05, 0) is 55.9 Å². The molecular weight excluding hydrogens is 238 g/mol. The van der Waals surface area contributed by atoms with Gasteiger partial charge < -0.3 is 15.2 Å². The van der Waals surface area contributed by atoms with E-state index < -0.39 is 0 Å². The van der Waals surface area contributed by atoms with E-state index in [-0.39, 0.29) is 0 Å². The SMILES string of the molecule is COc1ccc(OCCCC(N)C2CCCC2)cc1. The summed E-state index contributed by atoms with van der Waals surface area (Å²) in [7, 11) is 1.67. The Morgan fingerprint density at radius 3 is 2.42 bits per heavy atom. The van der Waals surface area contributed by atoms with Crippen LogP contribution in [-0.4, -0.2) is 19.8 Å². The van der Waals surface area contributed by atoms with Crippen LogP contribution in [0.25, 0.3) is 0 Å². The molecule has 1 atom stereocenters. The van der Waals surface area contributed by atoms with Gasteiger partial charge in [0.25, 0.3) is 0 Å². The Balaban J connectivity index is 1.62. The summed E-state index contributed by atoms with van der Waals surface area (Å²) in [6, 6.07) is 8.08. The normalized spacial score (nSPS) is 17.4.